The number of hydrogen-bond donors (Lipinski definition) is 0. The quantitative estimate of drug-likeness (QED) is 0.167. The lowest BCUT2D eigenvalue weighted by molar-refractivity contribution is -0.0749. The number of hydrogen-bond acceptors (Lipinski definition) is 6. The molecule has 2 aromatic carbocycles. The second kappa shape index (κ2) is 15.7. The smallest absolute Gasteiger partial charge is 0.184 e. The summed E-state index contributed by atoms with van der Waals surface area (Å²) in [6.07, 6.45) is 16.3. The minimum Gasteiger partial charge on any atom is -0.346 e. The number of unbranched alkanes of at least 4 members (excludes halogenated alkanes) is 10. The van der Waals surface area contributed by atoms with Crippen molar-refractivity contribution in [3.63, 3.8) is 0 Å². The van der Waals surface area contributed by atoms with Crippen LogP contribution in [0.15, 0.2) is 30.3 Å². The fourth-order valence-corrected chi connectivity index (χ4v) is 8.09. The number of fused-ring (bicyclic) bond motifs is 3. The summed E-state index contributed by atoms with van der Waals surface area (Å²) in [5.41, 5.74) is 8.43. The van der Waals surface area contributed by atoms with Crippen molar-refractivity contribution < 1.29 is 28.4 Å². The van der Waals surface area contributed by atoms with Gasteiger partial charge in [-0.05, 0) is 41.2 Å². The summed E-state index contributed by atoms with van der Waals surface area (Å²) in [6.45, 7) is 8.05. The first kappa shape index (κ1) is 32.2. The van der Waals surface area contributed by atoms with Crippen molar-refractivity contribution in [1.82, 2.24) is 0 Å². The Morgan fingerprint density at radius 1 is 0.545 bits per heavy atom. The monoisotopic (exact) mass is 606 g/mol. The van der Waals surface area contributed by atoms with E-state index >= 15 is 0 Å². The molecular weight excluding hydrogens is 552 g/mol. The van der Waals surface area contributed by atoms with E-state index in [1.165, 1.54) is 99.3 Å². The van der Waals surface area contributed by atoms with Crippen molar-refractivity contribution in [2.45, 2.75) is 128 Å². The van der Waals surface area contributed by atoms with E-state index in [0.29, 0.717) is 39.6 Å². The van der Waals surface area contributed by atoms with Gasteiger partial charge in [0.15, 0.2) is 18.9 Å². The Morgan fingerprint density at radius 2 is 1.02 bits per heavy atom. The molecule has 242 valence electrons. The highest BCUT2D eigenvalue weighted by Gasteiger charge is 2.48. The predicted octanol–water partition coefficient (Wildman–Crippen LogP) is 9.59. The van der Waals surface area contributed by atoms with Gasteiger partial charge in [0.05, 0.1) is 39.6 Å². The molecule has 3 fully saturated rings. The van der Waals surface area contributed by atoms with Crippen molar-refractivity contribution in [1.29, 1.82) is 0 Å². The van der Waals surface area contributed by atoms with Crippen LogP contribution in [-0.2, 0) is 33.8 Å². The summed E-state index contributed by atoms with van der Waals surface area (Å²) in [6, 6.07) is 11.5. The van der Waals surface area contributed by atoms with Gasteiger partial charge in [0, 0.05) is 22.1 Å². The normalized spacial score (nSPS) is 20.1. The molecule has 1 aliphatic carbocycles. The molecule has 2 aromatic rings. The van der Waals surface area contributed by atoms with Gasteiger partial charge in [-0.25, -0.2) is 0 Å². The Bertz CT molecular complexity index is 1180. The van der Waals surface area contributed by atoms with Crippen LogP contribution in [0.1, 0.15) is 150 Å². The van der Waals surface area contributed by atoms with E-state index in [9.17, 15) is 0 Å². The molecule has 0 aromatic heterocycles. The first-order valence-electron chi connectivity index (χ1n) is 17.8. The van der Waals surface area contributed by atoms with Crippen LogP contribution in [-0.4, -0.2) is 39.6 Å². The summed E-state index contributed by atoms with van der Waals surface area (Å²) in [5, 5.41) is 0. The second-order valence-electron chi connectivity index (χ2n) is 13.1. The van der Waals surface area contributed by atoms with Crippen molar-refractivity contribution in [2.75, 3.05) is 39.6 Å². The lowest BCUT2D eigenvalue weighted by Gasteiger charge is -2.37. The molecule has 0 bridgehead atoms. The molecule has 44 heavy (non-hydrogen) atoms. The van der Waals surface area contributed by atoms with E-state index in [4.69, 9.17) is 28.4 Å². The van der Waals surface area contributed by atoms with Gasteiger partial charge in [-0.2, -0.15) is 0 Å². The topological polar surface area (TPSA) is 55.4 Å². The fourth-order valence-electron chi connectivity index (χ4n) is 8.09. The lowest BCUT2D eigenvalue weighted by atomic mass is 9.68. The lowest BCUT2D eigenvalue weighted by Crippen LogP contribution is -2.29. The van der Waals surface area contributed by atoms with Gasteiger partial charge in [0.2, 0.25) is 0 Å². The summed E-state index contributed by atoms with van der Waals surface area (Å²) < 4.78 is 37.7. The Balaban J connectivity index is 1.48. The standard InChI is InChI=1S/C38H54O6/c1-3-5-7-9-11-15-19-38(20-16-12-10-8-6-4-2)31-18-14-13-17-28(31)29-27-30(35-39-21-22-40-35)32(36-41-23-24-42-36)33(34(29)38)37-43-25-26-44-37/h13-14,17-18,27,35-37H,3-12,15-16,19-26H2,1-2H3. The molecule has 0 N–H and O–H groups in total. The van der Waals surface area contributed by atoms with E-state index in [0.717, 1.165) is 29.5 Å². The molecular formula is C38H54O6. The third-order valence-corrected chi connectivity index (χ3v) is 10.2. The molecule has 0 radical (unpaired) electrons. The van der Waals surface area contributed by atoms with E-state index in [1.54, 1.807) is 0 Å². The zero-order valence-electron chi connectivity index (χ0n) is 27.2. The SMILES string of the molecule is CCCCCCCCC1(CCCCCCCC)c2ccccc2-c2cc(C3OCCO3)c(C3OCCO3)c(C3OCCO3)c21. The average Bonchev–Trinajstić information content (AvgIpc) is 3.88. The van der Waals surface area contributed by atoms with Crippen LogP contribution in [0.3, 0.4) is 0 Å². The maximum Gasteiger partial charge on any atom is 0.184 e. The first-order valence-corrected chi connectivity index (χ1v) is 17.8. The first-order chi connectivity index (χ1) is 21.8. The molecule has 3 heterocycles. The summed E-state index contributed by atoms with van der Waals surface area (Å²) >= 11 is 0. The molecule has 0 atom stereocenters. The fraction of sp³-hybridized carbons (Fsp3) is 0.684. The van der Waals surface area contributed by atoms with Crippen LogP contribution in [0.25, 0.3) is 11.1 Å². The minimum absolute atomic E-state index is 0.116. The molecule has 0 saturated carbocycles. The van der Waals surface area contributed by atoms with E-state index in [2.05, 4.69) is 44.2 Å². The van der Waals surface area contributed by atoms with Crippen molar-refractivity contribution in [3.05, 3.63) is 58.1 Å². The van der Waals surface area contributed by atoms with Crippen molar-refractivity contribution in [2.24, 2.45) is 0 Å². The zero-order chi connectivity index (χ0) is 30.2. The van der Waals surface area contributed by atoms with Crippen molar-refractivity contribution >= 4 is 0 Å². The van der Waals surface area contributed by atoms with Crippen LogP contribution in [0.2, 0.25) is 0 Å². The van der Waals surface area contributed by atoms with Gasteiger partial charge >= 0.3 is 0 Å². The summed E-state index contributed by atoms with van der Waals surface area (Å²) in [5.74, 6) is 0. The molecule has 6 nitrogen and oxygen atoms in total. The average molecular weight is 607 g/mol. The van der Waals surface area contributed by atoms with E-state index in [1.807, 2.05) is 0 Å². The van der Waals surface area contributed by atoms with Crippen LogP contribution < -0.4 is 0 Å². The van der Waals surface area contributed by atoms with Gasteiger partial charge < -0.3 is 28.4 Å². The highest BCUT2D eigenvalue weighted by Crippen LogP contribution is 2.59. The third kappa shape index (κ3) is 6.67. The molecule has 3 saturated heterocycles. The minimum atomic E-state index is -0.490. The summed E-state index contributed by atoms with van der Waals surface area (Å²) in [7, 11) is 0. The Hall–Kier alpha value is -1.80. The molecule has 6 rings (SSSR count). The summed E-state index contributed by atoms with van der Waals surface area (Å²) in [4.78, 5) is 0. The van der Waals surface area contributed by atoms with Gasteiger partial charge in [-0.3, -0.25) is 0 Å². The zero-order valence-corrected chi connectivity index (χ0v) is 27.2. The van der Waals surface area contributed by atoms with Gasteiger partial charge in [0.1, 0.15) is 0 Å². The third-order valence-electron chi connectivity index (χ3n) is 10.2. The second-order valence-corrected chi connectivity index (χ2v) is 13.1. The maximum atomic E-state index is 6.40. The van der Waals surface area contributed by atoms with E-state index < -0.39 is 18.9 Å². The van der Waals surface area contributed by atoms with Crippen LogP contribution in [0.4, 0.5) is 0 Å². The largest absolute Gasteiger partial charge is 0.346 e. The van der Waals surface area contributed by atoms with Crippen molar-refractivity contribution in [3.8, 4) is 11.1 Å². The van der Waals surface area contributed by atoms with Gasteiger partial charge in [0.25, 0.3) is 0 Å². The van der Waals surface area contributed by atoms with Gasteiger partial charge in [-0.15, -0.1) is 0 Å². The predicted molar refractivity (Wildman–Crippen MR) is 173 cm³/mol. The van der Waals surface area contributed by atoms with E-state index in [-0.39, 0.29) is 5.41 Å². The van der Waals surface area contributed by atoms with Crippen LogP contribution in [0, 0.1) is 0 Å². The molecule has 6 heteroatoms. The number of benzene rings is 2. The number of rotatable bonds is 17. The molecule has 3 aliphatic heterocycles. The van der Waals surface area contributed by atoms with Gasteiger partial charge in [-0.1, -0.05) is 115 Å². The molecule has 4 aliphatic rings. The number of ether oxygens (including phenoxy) is 6. The highest BCUT2D eigenvalue weighted by molar-refractivity contribution is 5.84. The molecule has 0 unspecified atom stereocenters. The molecule has 0 amide bonds. The van der Waals surface area contributed by atoms with Crippen LogP contribution in [0.5, 0.6) is 0 Å². The Morgan fingerprint density at radius 3 is 1.59 bits per heavy atom. The highest BCUT2D eigenvalue weighted by atomic mass is 16.7. The molecule has 0 spiro atoms. The Labute approximate surface area is 265 Å². The maximum absolute atomic E-state index is 6.40. The Kier molecular flexibility index (Phi) is 11.4. The van der Waals surface area contributed by atoms with Crippen LogP contribution >= 0.6 is 0 Å².